The summed E-state index contributed by atoms with van der Waals surface area (Å²) in [7, 11) is 6.61. The van der Waals surface area contributed by atoms with Gasteiger partial charge in [0, 0.05) is 96.6 Å². The summed E-state index contributed by atoms with van der Waals surface area (Å²) in [6.07, 6.45) is 2.53. The highest BCUT2D eigenvalue weighted by atomic mass is 32.1. The fourth-order valence-electron chi connectivity index (χ4n) is 13.1. The second-order valence-electron chi connectivity index (χ2n) is 33.1. The van der Waals surface area contributed by atoms with Gasteiger partial charge in [-0.15, -0.1) is 35.8 Å². The van der Waals surface area contributed by atoms with Crippen molar-refractivity contribution in [2.45, 2.75) is 189 Å². The topological polar surface area (TPSA) is 404 Å². The molecule has 6 heterocycles. The van der Waals surface area contributed by atoms with Gasteiger partial charge in [0.05, 0.1) is 63.9 Å². The molecule has 2 aliphatic heterocycles. The van der Waals surface area contributed by atoms with Gasteiger partial charge in [0.15, 0.2) is 16.1 Å². The number of hydrogen-bond donors (Lipinski definition) is 10. The highest BCUT2D eigenvalue weighted by Crippen LogP contribution is 2.48. The number of nitrogens with zero attached hydrogens (tertiary/aromatic N) is 6. The lowest BCUT2D eigenvalue weighted by Crippen LogP contribution is -2.61. The van der Waals surface area contributed by atoms with Crippen molar-refractivity contribution in [1.29, 1.82) is 0 Å². The minimum absolute atomic E-state index is 0.0139. The summed E-state index contributed by atoms with van der Waals surface area (Å²) in [5.41, 5.74) is -1.60. The number of thiazole rings is 2. The Kier molecular flexibility index (Phi) is 27.9. The largest absolute Gasteiger partial charge is 0.497 e. The molecule has 0 spiro atoms. The smallest absolute Gasteiger partial charge is 0.332 e. The fourth-order valence-corrected chi connectivity index (χ4v) is 14.6. The maximum atomic E-state index is 14.7. The van der Waals surface area contributed by atoms with Gasteiger partial charge in [-0.25, -0.2) is 39.1 Å². The third kappa shape index (κ3) is 20.8. The van der Waals surface area contributed by atoms with Crippen LogP contribution >= 0.6 is 22.7 Å². The maximum absolute atomic E-state index is 14.7. The van der Waals surface area contributed by atoms with E-state index in [4.69, 9.17) is 43.5 Å². The zero-order valence-corrected chi connectivity index (χ0v) is 70.2. The molecule has 2 aliphatic carbocycles. The molecule has 10 rings (SSSR count). The number of anilines is 2. The minimum atomic E-state index is -1.30. The number of aliphatic hydroxyl groups is 2. The van der Waals surface area contributed by atoms with Crippen LogP contribution in [-0.4, -0.2) is 202 Å². The van der Waals surface area contributed by atoms with E-state index >= 15 is 0 Å². The second-order valence-corrected chi connectivity index (χ2v) is 34.8. The minimum Gasteiger partial charge on any atom is -0.497 e. The van der Waals surface area contributed by atoms with Gasteiger partial charge < -0.3 is 91.0 Å². The molecule has 31 nitrogen and oxygen atoms in total. The van der Waals surface area contributed by atoms with Crippen LogP contribution in [0.25, 0.3) is 44.6 Å². The number of rotatable bonds is 25. The number of ether oxygens (including phenoxy) is 6. The van der Waals surface area contributed by atoms with E-state index in [2.05, 4.69) is 72.2 Å². The van der Waals surface area contributed by atoms with Crippen molar-refractivity contribution in [2.24, 2.45) is 33.5 Å². The van der Waals surface area contributed by atoms with E-state index in [-0.39, 0.29) is 72.5 Å². The summed E-state index contributed by atoms with van der Waals surface area (Å²) in [6.45, 7) is 39.2. The van der Waals surface area contributed by atoms with Crippen molar-refractivity contribution in [3.05, 3.63) is 97.1 Å². The third-order valence-corrected chi connectivity index (χ3v) is 22.3. The molecule has 8 unspecified atom stereocenters. The van der Waals surface area contributed by atoms with Crippen LogP contribution in [0.1, 0.15) is 130 Å². The van der Waals surface area contributed by atoms with Crippen LogP contribution in [0.3, 0.4) is 0 Å². The molecule has 33 heteroatoms. The van der Waals surface area contributed by atoms with E-state index in [9.17, 15) is 48.3 Å². The first-order valence-electron chi connectivity index (χ1n) is 37.3. The molecule has 618 valence electrons. The zero-order chi connectivity index (χ0) is 84.7. The number of fused-ring (bicyclic) bond motifs is 2. The highest BCUT2D eigenvalue weighted by molar-refractivity contribution is 7.14. The van der Waals surface area contributed by atoms with Crippen LogP contribution in [0.4, 0.5) is 19.9 Å². The number of aromatic nitrogens is 4. The molecular weight excluding hydrogens is 1510 g/mol. The number of methoxy groups -OCH3 is 4. The van der Waals surface area contributed by atoms with Crippen molar-refractivity contribution >= 4 is 108 Å². The Balaban J connectivity index is 0.000000279. The van der Waals surface area contributed by atoms with Gasteiger partial charge in [0.2, 0.25) is 29.5 Å². The standard InChI is InChI=1S/2C40H53N7O8S.CH4O/c2*1-12-23-18-40(23,35(51)54-11)46-33(49)30-16-25(19-47(30)34(50)32(39(7,8)9)45-36(52)41-21(2)38(4,5)6)55-31-17-28(29-20-56-37(44-29)42-22(3)48)43-27-15-24(53-10)13-14-26(27)31;1-2/h12-15,17,20-21,23,25,30,32H,1,16,18-19H2,2-11H3,(H,46,49)(H2,41,45,52)(H,42,44,48);12-15,17,20-21,23,25,30,32,48H,1,3,16,18-19H2,2,4-11H3,(H,42,44)(H,46,49)(H2,41,45,52);2H,1H3/t2*21?,23-,25?,30?,32+,40?;/m00./s1. The summed E-state index contributed by atoms with van der Waals surface area (Å²) >= 11 is 2.50. The van der Waals surface area contributed by atoms with E-state index in [0.29, 0.717) is 90.7 Å². The molecule has 9 amide bonds. The number of aliphatic hydroxyl groups excluding tert-OH is 2. The summed E-state index contributed by atoms with van der Waals surface area (Å²) in [5, 5.41) is 45.1. The lowest BCUT2D eigenvalue weighted by atomic mass is 9.85. The van der Waals surface area contributed by atoms with E-state index in [1.807, 2.05) is 109 Å². The Morgan fingerprint density at radius 2 is 0.912 bits per heavy atom. The van der Waals surface area contributed by atoms with Crippen LogP contribution in [0.2, 0.25) is 0 Å². The van der Waals surface area contributed by atoms with Crippen molar-refractivity contribution < 1.29 is 81.8 Å². The predicted octanol–water partition coefficient (Wildman–Crippen LogP) is 10.2. The first-order valence-corrected chi connectivity index (χ1v) is 39.1. The lowest BCUT2D eigenvalue weighted by molar-refractivity contribution is -0.148. The molecule has 0 radical (unpaired) electrons. The molecule has 114 heavy (non-hydrogen) atoms. The SMILES string of the molecule is C=C[C@H]1CC1(NC(=O)C1CC(Oc2cc(-c3csc(NC(=C)O)n3)nc3cc(OC)ccc23)CN1C(=O)[C@@H](NC(=O)NC(C)C(C)(C)C)C(C)(C)C)C(=O)OC.C=C[C@H]1CC1(NC(=O)C1CC(Oc2cc(-c3csc(NC(C)=O)n3)nc3cc(OC)ccc23)CN1C(=O)[C@@H](NC(=O)NC(C)C(C)(C)C)C(C)(C)C)C(=O)OC.CO. The molecule has 2 saturated carbocycles. The normalized spacial score (nSPS) is 21.3. The number of carbonyl (C=O) groups excluding carboxylic acids is 9. The number of nitrogens with one attached hydrogen (secondary N) is 8. The number of pyridine rings is 2. The Labute approximate surface area is 672 Å². The fraction of sp³-hybridized carbons (Fsp3) is 0.519. The summed E-state index contributed by atoms with van der Waals surface area (Å²) in [5.74, 6) is -2.52. The van der Waals surface area contributed by atoms with Gasteiger partial charge in [-0.2, -0.15) is 0 Å². The molecular formula is C81H110N14O17S2. The van der Waals surface area contributed by atoms with Gasteiger partial charge in [-0.3, -0.25) is 24.0 Å². The average Bonchev–Trinajstić information content (AvgIpc) is 1.58. The van der Waals surface area contributed by atoms with Crippen molar-refractivity contribution in [3.8, 4) is 45.8 Å². The van der Waals surface area contributed by atoms with Crippen molar-refractivity contribution in [1.82, 2.24) is 61.6 Å². The Bertz CT molecular complexity index is 4330. The Hall–Kier alpha value is -10.7. The number of likely N-dealkylation sites (tertiary alicyclic amines) is 2. The van der Waals surface area contributed by atoms with Crippen LogP contribution < -0.4 is 61.5 Å². The summed E-state index contributed by atoms with van der Waals surface area (Å²) in [4.78, 5) is 144. The third-order valence-electron chi connectivity index (χ3n) is 20.8. The van der Waals surface area contributed by atoms with E-state index in [1.54, 1.807) is 73.5 Å². The molecule has 6 aromatic rings. The van der Waals surface area contributed by atoms with Crippen LogP contribution in [0.15, 0.2) is 97.1 Å². The number of hydrogen-bond acceptors (Lipinski definition) is 24. The van der Waals surface area contributed by atoms with Gasteiger partial charge in [0.1, 0.15) is 81.8 Å². The number of benzene rings is 2. The molecule has 0 bridgehead atoms. The highest BCUT2D eigenvalue weighted by Gasteiger charge is 2.63. The zero-order valence-electron chi connectivity index (χ0n) is 68.6. The van der Waals surface area contributed by atoms with Gasteiger partial charge in [-0.05, 0) is 79.2 Å². The number of urea groups is 2. The number of esters is 2. The second kappa shape index (κ2) is 35.8. The van der Waals surface area contributed by atoms with Crippen LogP contribution in [-0.2, 0) is 43.0 Å². The monoisotopic (exact) mass is 1610 g/mol. The average molecular weight is 1620 g/mol. The number of carbonyl (C=O) groups is 9. The molecule has 12 atom stereocenters. The first-order chi connectivity index (χ1) is 53.4. The Morgan fingerprint density at radius 1 is 0.544 bits per heavy atom. The Morgan fingerprint density at radius 3 is 1.22 bits per heavy atom. The summed E-state index contributed by atoms with van der Waals surface area (Å²) < 4.78 is 34.4. The molecule has 4 aromatic heterocycles. The van der Waals surface area contributed by atoms with E-state index < -0.39 is 106 Å². The predicted molar refractivity (Wildman–Crippen MR) is 436 cm³/mol. The number of amides is 9. The first kappa shape index (κ1) is 88.9. The van der Waals surface area contributed by atoms with Gasteiger partial charge in [-0.1, -0.05) is 95.2 Å². The molecule has 10 N–H and O–H groups in total. The molecule has 4 aliphatic rings. The molecule has 4 fully saturated rings. The molecule has 2 aromatic carbocycles. The van der Waals surface area contributed by atoms with Crippen molar-refractivity contribution in [3.63, 3.8) is 0 Å². The quantitative estimate of drug-likeness (QED) is 0.0145. The van der Waals surface area contributed by atoms with E-state index in [1.165, 1.54) is 53.6 Å². The van der Waals surface area contributed by atoms with Crippen LogP contribution in [0.5, 0.6) is 23.0 Å². The lowest BCUT2D eigenvalue weighted by Gasteiger charge is -2.36. The van der Waals surface area contributed by atoms with Crippen LogP contribution in [0, 0.1) is 33.5 Å². The molecule has 2 saturated heterocycles. The maximum Gasteiger partial charge on any atom is 0.332 e. The van der Waals surface area contributed by atoms with E-state index in [0.717, 1.165) is 7.11 Å². The van der Waals surface area contributed by atoms with Gasteiger partial charge in [0.25, 0.3) is 0 Å². The van der Waals surface area contributed by atoms with Crippen molar-refractivity contribution in [2.75, 3.05) is 59.3 Å². The van der Waals surface area contributed by atoms with Gasteiger partial charge >= 0.3 is 24.0 Å². The summed E-state index contributed by atoms with van der Waals surface area (Å²) in [6, 6.07) is 8.47.